The van der Waals surface area contributed by atoms with E-state index in [9.17, 15) is 13.2 Å². The van der Waals surface area contributed by atoms with Crippen LogP contribution in [-0.2, 0) is 19.6 Å². The minimum Gasteiger partial charge on any atom is -0.373 e. The largest absolute Gasteiger partial charge is 0.373 e. The molecule has 27 heavy (non-hydrogen) atoms. The van der Waals surface area contributed by atoms with Gasteiger partial charge in [-0.25, -0.2) is 8.42 Å². The third-order valence-corrected chi connectivity index (χ3v) is 7.11. The highest BCUT2D eigenvalue weighted by Gasteiger charge is 2.30. The lowest BCUT2D eigenvalue weighted by Gasteiger charge is -2.38. The molecule has 1 amide bonds. The molecule has 0 spiro atoms. The van der Waals surface area contributed by atoms with E-state index in [4.69, 9.17) is 4.74 Å². The Hall–Kier alpha value is -1.48. The number of benzene rings is 1. The van der Waals surface area contributed by atoms with Crippen LogP contribution in [0, 0.1) is 0 Å². The van der Waals surface area contributed by atoms with E-state index in [0.717, 1.165) is 12.8 Å². The Morgan fingerprint density at radius 2 is 1.67 bits per heavy atom. The second kappa shape index (κ2) is 8.26. The van der Waals surface area contributed by atoms with E-state index in [1.807, 2.05) is 20.8 Å². The van der Waals surface area contributed by atoms with Crippen LogP contribution in [0.5, 0.6) is 0 Å². The fraction of sp³-hybridized carbons (Fsp3) is 0.632. The Labute approximate surface area is 161 Å². The molecule has 2 aliphatic heterocycles. The smallest absolute Gasteiger partial charge is 0.243 e. The summed E-state index contributed by atoms with van der Waals surface area (Å²) in [5.74, 6) is -0.105. The molecule has 2 heterocycles. The van der Waals surface area contributed by atoms with E-state index in [1.165, 1.54) is 4.31 Å². The number of ether oxygens (including phenoxy) is 1. The second-order valence-corrected chi connectivity index (χ2v) is 9.45. The number of sulfonamides is 1. The molecule has 0 saturated carbocycles. The fourth-order valence-corrected chi connectivity index (χ4v) is 5.25. The van der Waals surface area contributed by atoms with Gasteiger partial charge in [-0.2, -0.15) is 4.31 Å². The van der Waals surface area contributed by atoms with Gasteiger partial charge in [-0.05, 0) is 57.9 Å². The molecule has 1 aromatic rings. The van der Waals surface area contributed by atoms with Crippen molar-refractivity contribution in [3.8, 4) is 0 Å². The summed E-state index contributed by atoms with van der Waals surface area (Å²) in [4.78, 5) is 15.0. The zero-order valence-corrected chi connectivity index (χ0v) is 17.0. The molecule has 3 rings (SSSR count). The van der Waals surface area contributed by atoms with Gasteiger partial charge in [0.15, 0.2) is 0 Å². The van der Waals surface area contributed by atoms with Crippen LogP contribution in [-0.4, -0.2) is 68.0 Å². The van der Waals surface area contributed by atoms with Crippen molar-refractivity contribution >= 4 is 21.6 Å². The Morgan fingerprint density at radius 3 is 2.22 bits per heavy atom. The molecule has 2 aliphatic rings. The van der Waals surface area contributed by atoms with Gasteiger partial charge in [0.2, 0.25) is 15.9 Å². The van der Waals surface area contributed by atoms with E-state index in [2.05, 4.69) is 10.2 Å². The summed E-state index contributed by atoms with van der Waals surface area (Å²) in [5, 5.41) is 2.89. The standard InChI is InChI=1S/C19H29N3O4S/c1-14-12-21(13-15(2)26-14)16(3)19(23)20-17-6-8-18(9-7-17)27(24,25)22-10-4-5-11-22/h6-9,14-16H,4-5,10-13H2,1-3H3,(H,20,23). The van der Waals surface area contributed by atoms with Gasteiger partial charge in [-0.3, -0.25) is 9.69 Å². The lowest BCUT2D eigenvalue weighted by Crippen LogP contribution is -2.52. The van der Waals surface area contributed by atoms with Crippen molar-refractivity contribution in [3.63, 3.8) is 0 Å². The maximum atomic E-state index is 12.6. The molecule has 8 heteroatoms. The average molecular weight is 396 g/mol. The highest BCUT2D eigenvalue weighted by molar-refractivity contribution is 7.89. The summed E-state index contributed by atoms with van der Waals surface area (Å²) >= 11 is 0. The first kappa shape index (κ1) is 20.3. The van der Waals surface area contributed by atoms with Crippen molar-refractivity contribution in [2.45, 2.75) is 56.8 Å². The van der Waals surface area contributed by atoms with Crippen LogP contribution >= 0.6 is 0 Å². The van der Waals surface area contributed by atoms with Crippen LogP contribution in [0.15, 0.2) is 29.2 Å². The number of morpholine rings is 1. The Kier molecular flexibility index (Phi) is 6.20. The lowest BCUT2D eigenvalue weighted by molar-refractivity contribution is -0.126. The van der Waals surface area contributed by atoms with Crippen molar-refractivity contribution in [2.24, 2.45) is 0 Å². The monoisotopic (exact) mass is 395 g/mol. The molecule has 0 aliphatic carbocycles. The summed E-state index contributed by atoms with van der Waals surface area (Å²) in [6.45, 7) is 8.48. The van der Waals surface area contributed by atoms with Gasteiger partial charge in [0.05, 0.1) is 23.1 Å². The van der Waals surface area contributed by atoms with Crippen LogP contribution in [0.2, 0.25) is 0 Å². The third-order valence-electron chi connectivity index (χ3n) is 5.20. The molecule has 3 unspecified atom stereocenters. The zero-order chi connectivity index (χ0) is 19.6. The third kappa shape index (κ3) is 4.68. The van der Waals surface area contributed by atoms with Gasteiger partial charge in [0, 0.05) is 31.9 Å². The molecule has 7 nitrogen and oxygen atoms in total. The molecule has 3 atom stereocenters. The molecular formula is C19H29N3O4S. The zero-order valence-electron chi connectivity index (χ0n) is 16.2. The SMILES string of the molecule is CC1CN(C(C)C(=O)Nc2ccc(S(=O)(=O)N3CCCC3)cc2)CC(C)O1. The number of nitrogens with zero attached hydrogens (tertiary/aromatic N) is 2. The normalized spacial score (nSPS) is 26.0. The molecular weight excluding hydrogens is 366 g/mol. The van der Waals surface area contributed by atoms with Crippen LogP contribution in [0.25, 0.3) is 0 Å². The minimum atomic E-state index is -3.43. The maximum absolute atomic E-state index is 12.6. The number of amides is 1. The van der Waals surface area contributed by atoms with Crippen molar-refractivity contribution in [3.05, 3.63) is 24.3 Å². The fourth-order valence-electron chi connectivity index (χ4n) is 3.73. The molecule has 0 radical (unpaired) electrons. The van der Waals surface area contributed by atoms with Gasteiger partial charge in [0.25, 0.3) is 0 Å². The van der Waals surface area contributed by atoms with E-state index >= 15 is 0 Å². The Balaban J connectivity index is 1.63. The number of anilines is 1. The topological polar surface area (TPSA) is 79.0 Å². The second-order valence-electron chi connectivity index (χ2n) is 7.51. The highest BCUT2D eigenvalue weighted by atomic mass is 32.2. The van der Waals surface area contributed by atoms with Gasteiger partial charge in [-0.1, -0.05) is 0 Å². The summed E-state index contributed by atoms with van der Waals surface area (Å²) in [5.41, 5.74) is 0.599. The first-order valence-corrected chi connectivity index (χ1v) is 11.0. The predicted molar refractivity (Wildman–Crippen MR) is 104 cm³/mol. The number of nitrogens with one attached hydrogen (secondary N) is 1. The van der Waals surface area contributed by atoms with E-state index in [1.54, 1.807) is 24.3 Å². The van der Waals surface area contributed by atoms with Gasteiger partial charge in [0.1, 0.15) is 0 Å². The number of hydrogen-bond donors (Lipinski definition) is 1. The quantitative estimate of drug-likeness (QED) is 0.824. The van der Waals surface area contributed by atoms with E-state index < -0.39 is 10.0 Å². The van der Waals surface area contributed by atoms with Gasteiger partial charge < -0.3 is 10.1 Å². The minimum absolute atomic E-state index is 0.0964. The van der Waals surface area contributed by atoms with Crippen LogP contribution in [0.4, 0.5) is 5.69 Å². The summed E-state index contributed by atoms with van der Waals surface area (Å²) < 4.78 is 32.4. The molecule has 2 saturated heterocycles. The van der Waals surface area contributed by atoms with Crippen molar-refractivity contribution in [1.82, 2.24) is 9.21 Å². The summed E-state index contributed by atoms with van der Waals surface area (Å²) in [6.07, 6.45) is 2.01. The number of hydrogen-bond acceptors (Lipinski definition) is 5. The van der Waals surface area contributed by atoms with Crippen LogP contribution in [0.1, 0.15) is 33.6 Å². The van der Waals surface area contributed by atoms with Crippen molar-refractivity contribution < 1.29 is 17.9 Å². The first-order chi connectivity index (χ1) is 12.8. The lowest BCUT2D eigenvalue weighted by atomic mass is 10.1. The molecule has 1 N–H and O–H groups in total. The van der Waals surface area contributed by atoms with Gasteiger partial charge >= 0.3 is 0 Å². The van der Waals surface area contributed by atoms with Gasteiger partial charge in [-0.15, -0.1) is 0 Å². The maximum Gasteiger partial charge on any atom is 0.243 e. The average Bonchev–Trinajstić information content (AvgIpc) is 3.16. The first-order valence-electron chi connectivity index (χ1n) is 9.58. The number of carbonyl (C=O) groups excluding carboxylic acids is 1. The number of carbonyl (C=O) groups is 1. The van der Waals surface area contributed by atoms with Crippen LogP contribution < -0.4 is 5.32 Å². The Morgan fingerprint density at radius 1 is 1.11 bits per heavy atom. The highest BCUT2D eigenvalue weighted by Crippen LogP contribution is 2.22. The molecule has 0 aromatic heterocycles. The summed E-state index contributed by atoms with van der Waals surface area (Å²) in [6, 6.07) is 6.14. The number of rotatable bonds is 5. The molecule has 2 fully saturated rings. The van der Waals surface area contributed by atoms with Crippen molar-refractivity contribution in [1.29, 1.82) is 0 Å². The molecule has 150 valence electrons. The van der Waals surface area contributed by atoms with E-state index in [0.29, 0.717) is 31.9 Å². The van der Waals surface area contributed by atoms with Crippen molar-refractivity contribution in [2.75, 3.05) is 31.5 Å². The Bertz CT molecular complexity index is 750. The molecule has 1 aromatic carbocycles. The summed E-state index contributed by atoms with van der Waals surface area (Å²) in [7, 11) is -3.43. The predicted octanol–water partition coefficient (Wildman–Crippen LogP) is 1.91. The van der Waals surface area contributed by atoms with E-state index in [-0.39, 0.29) is 29.1 Å². The molecule has 0 bridgehead atoms. The van der Waals surface area contributed by atoms with Crippen LogP contribution in [0.3, 0.4) is 0 Å².